The molecule has 2 fully saturated rings. The molecule has 6 heteroatoms. The minimum absolute atomic E-state index is 0.0113. The highest BCUT2D eigenvalue weighted by molar-refractivity contribution is 5.78. The monoisotopic (exact) mass is 213 g/mol. The van der Waals surface area contributed by atoms with E-state index in [1.807, 2.05) is 4.90 Å². The van der Waals surface area contributed by atoms with E-state index in [2.05, 4.69) is 5.32 Å². The van der Waals surface area contributed by atoms with Crippen molar-refractivity contribution in [3.05, 3.63) is 0 Å². The summed E-state index contributed by atoms with van der Waals surface area (Å²) in [5.41, 5.74) is 0. The van der Waals surface area contributed by atoms with Crippen LogP contribution in [0.5, 0.6) is 0 Å². The maximum Gasteiger partial charge on any atom is 0.320 e. The summed E-state index contributed by atoms with van der Waals surface area (Å²) < 4.78 is 0. The van der Waals surface area contributed by atoms with E-state index in [1.165, 1.54) is 0 Å². The zero-order chi connectivity index (χ0) is 10.8. The second-order valence-electron chi connectivity index (χ2n) is 3.92. The van der Waals surface area contributed by atoms with Crippen LogP contribution in [0.25, 0.3) is 0 Å². The highest BCUT2D eigenvalue weighted by atomic mass is 16.4. The van der Waals surface area contributed by atoms with Crippen LogP contribution in [-0.2, 0) is 4.79 Å². The molecule has 2 heterocycles. The molecule has 0 aromatic heterocycles. The molecule has 0 radical (unpaired) electrons. The first kappa shape index (κ1) is 10.2. The lowest BCUT2D eigenvalue weighted by Crippen LogP contribution is -2.49. The Labute approximate surface area is 87.8 Å². The summed E-state index contributed by atoms with van der Waals surface area (Å²) in [5, 5.41) is 11.8. The molecule has 1 atom stereocenters. The van der Waals surface area contributed by atoms with Crippen LogP contribution in [0, 0.1) is 0 Å². The average molecular weight is 213 g/mol. The minimum Gasteiger partial charge on any atom is -0.481 e. The smallest absolute Gasteiger partial charge is 0.320 e. The molecule has 0 aliphatic carbocycles. The molecular weight excluding hydrogens is 198 g/mol. The SMILES string of the molecule is O=C(O)CCN1C[C@@H]2CNCCN2C1=O. The molecule has 6 nitrogen and oxygen atoms in total. The molecule has 2 rings (SSSR count). The summed E-state index contributed by atoms with van der Waals surface area (Å²) in [6.45, 7) is 3.34. The largest absolute Gasteiger partial charge is 0.481 e. The van der Waals surface area contributed by atoms with Crippen LogP contribution < -0.4 is 5.32 Å². The Morgan fingerprint density at radius 2 is 2.40 bits per heavy atom. The Balaban J connectivity index is 1.92. The zero-order valence-corrected chi connectivity index (χ0v) is 8.48. The van der Waals surface area contributed by atoms with E-state index in [4.69, 9.17) is 5.11 Å². The number of amides is 2. The molecule has 2 amide bonds. The predicted octanol–water partition coefficient (Wildman–Crippen LogP) is -0.829. The van der Waals surface area contributed by atoms with Gasteiger partial charge in [0.05, 0.1) is 12.5 Å². The lowest BCUT2D eigenvalue weighted by molar-refractivity contribution is -0.137. The quantitative estimate of drug-likeness (QED) is 0.642. The van der Waals surface area contributed by atoms with Crippen LogP contribution in [-0.4, -0.2) is 65.7 Å². The van der Waals surface area contributed by atoms with Gasteiger partial charge in [0.15, 0.2) is 0 Å². The van der Waals surface area contributed by atoms with E-state index >= 15 is 0 Å². The summed E-state index contributed by atoms with van der Waals surface area (Å²) in [6.07, 6.45) is 0.0275. The van der Waals surface area contributed by atoms with Crippen LogP contribution >= 0.6 is 0 Å². The van der Waals surface area contributed by atoms with Gasteiger partial charge < -0.3 is 20.2 Å². The van der Waals surface area contributed by atoms with E-state index in [0.717, 1.165) is 19.6 Å². The van der Waals surface area contributed by atoms with Crippen molar-refractivity contribution >= 4 is 12.0 Å². The van der Waals surface area contributed by atoms with Gasteiger partial charge in [0, 0.05) is 32.7 Å². The molecule has 0 spiro atoms. The Morgan fingerprint density at radius 1 is 1.60 bits per heavy atom. The summed E-state index contributed by atoms with van der Waals surface area (Å²) in [4.78, 5) is 25.7. The topological polar surface area (TPSA) is 72.9 Å². The average Bonchev–Trinajstić information content (AvgIpc) is 2.54. The molecule has 2 aliphatic rings. The number of hydrogen-bond acceptors (Lipinski definition) is 3. The van der Waals surface area contributed by atoms with E-state index in [1.54, 1.807) is 4.90 Å². The molecule has 0 saturated carbocycles. The van der Waals surface area contributed by atoms with E-state index < -0.39 is 5.97 Å². The summed E-state index contributed by atoms with van der Waals surface area (Å²) in [5.74, 6) is -0.856. The number of aliphatic carboxylic acids is 1. The van der Waals surface area contributed by atoms with Crippen molar-refractivity contribution in [2.75, 3.05) is 32.7 Å². The van der Waals surface area contributed by atoms with Gasteiger partial charge in [-0.1, -0.05) is 0 Å². The lowest BCUT2D eigenvalue weighted by atomic mass is 10.2. The van der Waals surface area contributed by atoms with Crippen LogP contribution in [0.15, 0.2) is 0 Å². The molecular formula is C9H15N3O3. The van der Waals surface area contributed by atoms with Crippen LogP contribution in [0.1, 0.15) is 6.42 Å². The summed E-state index contributed by atoms with van der Waals surface area (Å²) in [6, 6.07) is 0.211. The highest BCUT2D eigenvalue weighted by Crippen LogP contribution is 2.17. The number of nitrogens with zero attached hydrogens (tertiary/aromatic N) is 2. The molecule has 84 valence electrons. The minimum atomic E-state index is -0.856. The molecule has 15 heavy (non-hydrogen) atoms. The number of carbonyl (C=O) groups excluding carboxylic acids is 1. The van der Waals surface area contributed by atoms with Crippen molar-refractivity contribution in [1.82, 2.24) is 15.1 Å². The van der Waals surface area contributed by atoms with E-state index in [0.29, 0.717) is 13.1 Å². The van der Waals surface area contributed by atoms with Crippen molar-refractivity contribution in [3.63, 3.8) is 0 Å². The van der Waals surface area contributed by atoms with Crippen molar-refractivity contribution in [2.45, 2.75) is 12.5 Å². The van der Waals surface area contributed by atoms with Gasteiger partial charge in [0.25, 0.3) is 0 Å². The van der Waals surface area contributed by atoms with Gasteiger partial charge in [-0.15, -0.1) is 0 Å². The summed E-state index contributed by atoms with van der Waals surface area (Å²) >= 11 is 0. The van der Waals surface area contributed by atoms with Crippen LogP contribution in [0.3, 0.4) is 0 Å². The number of hydrogen-bond donors (Lipinski definition) is 2. The number of nitrogens with one attached hydrogen (secondary N) is 1. The van der Waals surface area contributed by atoms with Gasteiger partial charge >= 0.3 is 12.0 Å². The fourth-order valence-electron chi connectivity index (χ4n) is 2.11. The fraction of sp³-hybridized carbons (Fsp3) is 0.778. The second-order valence-corrected chi connectivity index (χ2v) is 3.92. The Hall–Kier alpha value is -1.30. The first-order valence-corrected chi connectivity index (χ1v) is 5.16. The summed E-state index contributed by atoms with van der Waals surface area (Å²) in [7, 11) is 0. The van der Waals surface area contributed by atoms with E-state index in [9.17, 15) is 9.59 Å². The first-order valence-electron chi connectivity index (χ1n) is 5.16. The number of fused-ring (bicyclic) bond motifs is 1. The van der Waals surface area contributed by atoms with Crippen molar-refractivity contribution in [3.8, 4) is 0 Å². The number of urea groups is 1. The van der Waals surface area contributed by atoms with Gasteiger partial charge in [-0.25, -0.2) is 4.79 Å². The normalized spacial score (nSPS) is 25.6. The molecule has 0 unspecified atom stereocenters. The standard InChI is InChI=1S/C9H15N3O3/c13-8(14)1-3-11-6-7-5-10-2-4-12(7)9(11)15/h7,10H,1-6H2,(H,13,14)/t7-/m0/s1. The molecule has 2 aliphatic heterocycles. The van der Waals surface area contributed by atoms with Crippen molar-refractivity contribution in [1.29, 1.82) is 0 Å². The van der Waals surface area contributed by atoms with Gasteiger partial charge in [-0.3, -0.25) is 4.79 Å². The Morgan fingerprint density at radius 3 is 3.07 bits per heavy atom. The first-order chi connectivity index (χ1) is 7.18. The van der Waals surface area contributed by atoms with Crippen molar-refractivity contribution in [2.24, 2.45) is 0 Å². The molecule has 0 bridgehead atoms. The second kappa shape index (κ2) is 4.06. The maximum absolute atomic E-state index is 11.8. The third-order valence-corrected chi connectivity index (χ3v) is 2.89. The number of carboxylic acid groups (broad SMARTS) is 1. The number of carboxylic acids is 1. The van der Waals surface area contributed by atoms with Crippen LogP contribution in [0.4, 0.5) is 4.79 Å². The zero-order valence-electron chi connectivity index (χ0n) is 8.48. The van der Waals surface area contributed by atoms with Gasteiger partial charge in [0.1, 0.15) is 0 Å². The number of rotatable bonds is 3. The third-order valence-electron chi connectivity index (χ3n) is 2.89. The Bertz CT molecular complexity index is 282. The fourth-order valence-corrected chi connectivity index (χ4v) is 2.11. The molecule has 2 saturated heterocycles. The van der Waals surface area contributed by atoms with Gasteiger partial charge in [0.2, 0.25) is 0 Å². The predicted molar refractivity (Wildman–Crippen MR) is 52.6 cm³/mol. The Kier molecular flexibility index (Phi) is 2.77. The van der Waals surface area contributed by atoms with Crippen molar-refractivity contribution < 1.29 is 14.7 Å². The lowest BCUT2D eigenvalue weighted by Gasteiger charge is -2.28. The maximum atomic E-state index is 11.8. The number of carbonyl (C=O) groups is 2. The third kappa shape index (κ3) is 2.04. The van der Waals surface area contributed by atoms with Crippen LogP contribution in [0.2, 0.25) is 0 Å². The molecule has 2 N–H and O–H groups in total. The molecule has 0 aromatic carbocycles. The number of piperazine rings is 1. The van der Waals surface area contributed by atoms with E-state index in [-0.39, 0.29) is 18.5 Å². The van der Waals surface area contributed by atoms with Gasteiger partial charge in [-0.2, -0.15) is 0 Å². The molecule has 0 aromatic rings. The van der Waals surface area contributed by atoms with Gasteiger partial charge in [-0.05, 0) is 0 Å². The highest BCUT2D eigenvalue weighted by Gasteiger charge is 2.38.